The van der Waals surface area contributed by atoms with Crippen LogP contribution in [0.2, 0.25) is 0 Å². The third-order valence-electron chi connectivity index (χ3n) is 6.74. The minimum Gasteiger partial charge on any atom is -0.438 e. The fraction of sp³-hybridized carbons (Fsp3) is 0.370. The van der Waals surface area contributed by atoms with Crippen LogP contribution in [0, 0.1) is 26.7 Å². The average molecular weight is 431 g/mol. The Bertz CT molecular complexity index is 1250. The number of furan rings is 1. The molecule has 1 fully saturated rings. The number of aromatic nitrogens is 1. The number of thioether (sulfide) groups is 1. The Morgan fingerprint density at radius 3 is 2.42 bits per heavy atom. The molecule has 2 unspecified atom stereocenters. The normalized spacial score (nSPS) is 21.6. The minimum atomic E-state index is 0.302. The fourth-order valence-corrected chi connectivity index (χ4v) is 7.12. The molecule has 4 aromatic rings. The van der Waals surface area contributed by atoms with E-state index in [2.05, 4.69) is 99.6 Å². The quantitative estimate of drug-likeness (QED) is 0.335. The largest absolute Gasteiger partial charge is 0.438 e. The number of hydrogen-bond acceptors (Lipinski definition) is 4. The molecule has 5 rings (SSSR count). The van der Waals surface area contributed by atoms with Gasteiger partial charge in [0, 0.05) is 33.9 Å². The van der Waals surface area contributed by atoms with Crippen LogP contribution in [-0.4, -0.2) is 16.3 Å². The van der Waals surface area contributed by atoms with Crippen LogP contribution < -0.4 is 4.90 Å². The van der Waals surface area contributed by atoms with Gasteiger partial charge in [-0.15, -0.1) is 11.8 Å². The van der Waals surface area contributed by atoms with E-state index in [1.54, 1.807) is 6.20 Å². The van der Waals surface area contributed by atoms with E-state index in [4.69, 9.17) is 4.42 Å². The summed E-state index contributed by atoms with van der Waals surface area (Å²) in [6.45, 7) is 13.8. The lowest BCUT2D eigenvalue weighted by atomic mass is 9.97. The summed E-state index contributed by atoms with van der Waals surface area (Å²) in [7, 11) is 0. The molecule has 0 aliphatic carbocycles. The van der Waals surface area contributed by atoms with Gasteiger partial charge in [-0.25, -0.2) is 4.98 Å². The molecule has 3 heterocycles. The monoisotopic (exact) mass is 430 g/mol. The van der Waals surface area contributed by atoms with Gasteiger partial charge in [0.05, 0.1) is 0 Å². The molecule has 0 spiro atoms. The molecular weight excluding hydrogens is 400 g/mol. The molecule has 31 heavy (non-hydrogen) atoms. The lowest BCUT2D eigenvalue weighted by Gasteiger charge is -2.33. The minimum absolute atomic E-state index is 0.302. The second-order valence-electron chi connectivity index (χ2n) is 9.24. The van der Waals surface area contributed by atoms with Crippen LogP contribution in [-0.2, 0) is 0 Å². The van der Waals surface area contributed by atoms with E-state index in [-0.39, 0.29) is 0 Å². The van der Waals surface area contributed by atoms with E-state index < -0.39 is 0 Å². The van der Waals surface area contributed by atoms with Gasteiger partial charge < -0.3 is 9.32 Å². The first-order valence-corrected chi connectivity index (χ1v) is 12.1. The molecule has 3 atom stereocenters. The summed E-state index contributed by atoms with van der Waals surface area (Å²) in [6, 6.07) is 15.7. The van der Waals surface area contributed by atoms with Crippen molar-refractivity contribution in [3.63, 3.8) is 0 Å². The molecule has 0 bridgehead atoms. The zero-order valence-corrected chi connectivity index (χ0v) is 20.0. The number of fused-ring (bicyclic) bond motifs is 3. The second kappa shape index (κ2) is 7.59. The maximum Gasteiger partial charge on any atom is 0.227 e. The van der Waals surface area contributed by atoms with E-state index in [1.165, 1.54) is 27.9 Å². The molecule has 4 heteroatoms. The van der Waals surface area contributed by atoms with Crippen molar-refractivity contribution < 1.29 is 4.42 Å². The summed E-state index contributed by atoms with van der Waals surface area (Å²) in [5.41, 5.74) is 8.38. The van der Waals surface area contributed by atoms with Crippen molar-refractivity contribution in [1.29, 1.82) is 0 Å². The second-order valence-corrected chi connectivity index (χ2v) is 10.5. The third-order valence-corrected chi connectivity index (χ3v) is 8.72. The average Bonchev–Trinajstić information content (AvgIpc) is 3.24. The number of pyridine rings is 1. The number of anilines is 1. The van der Waals surface area contributed by atoms with Crippen molar-refractivity contribution in [1.82, 2.24) is 4.98 Å². The van der Waals surface area contributed by atoms with Gasteiger partial charge >= 0.3 is 0 Å². The maximum absolute atomic E-state index is 6.05. The van der Waals surface area contributed by atoms with Crippen molar-refractivity contribution in [2.75, 3.05) is 4.90 Å². The lowest BCUT2D eigenvalue weighted by Crippen LogP contribution is -2.36. The Hall–Kier alpha value is -2.46. The summed E-state index contributed by atoms with van der Waals surface area (Å²) in [5.74, 6) is 0.611. The summed E-state index contributed by atoms with van der Waals surface area (Å²) in [5, 5.41) is 3.11. The molecule has 160 valence electrons. The predicted octanol–water partition coefficient (Wildman–Crippen LogP) is 7.57. The Morgan fingerprint density at radius 1 is 0.968 bits per heavy atom. The summed E-state index contributed by atoms with van der Waals surface area (Å²) in [4.78, 5) is 7.09. The van der Waals surface area contributed by atoms with Crippen molar-refractivity contribution >= 4 is 39.5 Å². The Labute approximate surface area is 188 Å². The summed E-state index contributed by atoms with van der Waals surface area (Å²) >= 11 is 2.12. The zero-order chi connectivity index (χ0) is 21.9. The van der Waals surface area contributed by atoms with Crippen LogP contribution in [0.25, 0.3) is 22.1 Å². The Kier molecular flexibility index (Phi) is 5.01. The highest BCUT2D eigenvalue weighted by molar-refractivity contribution is 8.00. The van der Waals surface area contributed by atoms with Crippen LogP contribution in [0.3, 0.4) is 0 Å². The molecule has 2 aromatic heterocycles. The van der Waals surface area contributed by atoms with Crippen molar-refractivity contribution in [2.45, 2.75) is 58.2 Å². The molecule has 3 nitrogen and oxygen atoms in total. The molecule has 1 saturated heterocycles. The van der Waals surface area contributed by atoms with Crippen LogP contribution >= 0.6 is 11.8 Å². The first-order valence-electron chi connectivity index (χ1n) is 11.1. The highest BCUT2D eigenvalue weighted by atomic mass is 32.2. The number of benzene rings is 2. The van der Waals surface area contributed by atoms with Gasteiger partial charge in [0.2, 0.25) is 5.71 Å². The van der Waals surface area contributed by atoms with Gasteiger partial charge in [-0.2, -0.15) is 0 Å². The number of nitrogens with zero attached hydrogens (tertiary/aromatic N) is 2. The van der Waals surface area contributed by atoms with E-state index in [1.807, 2.05) is 6.07 Å². The zero-order valence-electron chi connectivity index (χ0n) is 19.1. The predicted molar refractivity (Wildman–Crippen MR) is 133 cm³/mol. The molecule has 0 N–H and O–H groups in total. The van der Waals surface area contributed by atoms with Gasteiger partial charge in [-0.3, -0.25) is 0 Å². The molecule has 0 saturated carbocycles. The molecule has 1 aliphatic rings. The number of aryl methyl sites for hydroxylation is 3. The van der Waals surface area contributed by atoms with Crippen LogP contribution in [0.4, 0.5) is 5.69 Å². The van der Waals surface area contributed by atoms with E-state index in [0.29, 0.717) is 28.3 Å². The number of hydrogen-bond donors (Lipinski definition) is 0. The van der Waals surface area contributed by atoms with Crippen molar-refractivity contribution in [3.8, 4) is 0 Å². The topological polar surface area (TPSA) is 29.3 Å². The smallest absolute Gasteiger partial charge is 0.227 e. The van der Waals surface area contributed by atoms with Gasteiger partial charge in [-0.05, 0) is 80.1 Å². The molecule has 0 radical (unpaired) electrons. The van der Waals surface area contributed by atoms with Gasteiger partial charge in [0.25, 0.3) is 0 Å². The van der Waals surface area contributed by atoms with Gasteiger partial charge in [0.15, 0.2) is 0 Å². The maximum atomic E-state index is 6.05. The van der Waals surface area contributed by atoms with E-state index in [0.717, 1.165) is 16.4 Å². The van der Waals surface area contributed by atoms with Crippen LogP contribution in [0.5, 0.6) is 0 Å². The standard InChI is InChI=1S/C27H30N2OS/c1-15(2)25-19(6)29(27(31-25)24-16(3)9-7-10-17(24)4)22-14-21-20-11-8-12-28-26(20)30-23(21)13-18(22)5/h7-15,19,25,27H,1-6H3/t19-,25?,27?/m0/s1. The summed E-state index contributed by atoms with van der Waals surface area (Å²) in [6.07, 6.45) is 1.79. The molecular formula is C27H30N2OS. The molecule has 1 aliphatic heterocycles. The highest BCUT2D eigenvalue weighted by Gasteiger charge is 2.43. The summed E-state index contributed by atoms with van der Waals surface area (Å²) < 4.78 is 6.05. The first-order chi connectivity index (χ1) is 14.9. The third kappa shape index (κ3) is 3.23. The molecule has 0 amide bonds. The highest BCUT2D eigenvalue weighted by Crippen LogP contribution is 2.52. The van der Waals surface area contributed by atoms with Gasteiger partial charge in [0.1, 0.15) is 11.0 Å². The molecule has 2 aromatic carbocycles. The van der Waals surface area contributed by atoms with E-state index in [9.17, 15) is 0 Å². The Morgan fingerprint density at radius 2 is 1.71 bits per heavy atom. The van der Waals surface area contributed by atoms with Crippen LogP contribution in [0.1, 0.15) is 48.4 Å². The lowest BCUT2D eigenvalue weighted by molar-refractivity contribution is 0.526. The SMILES string of the molecule is Cc1cc2oc3ncccc3c2cc1N1C(c2c(C)cccc2C)SC(C(C)C)[C@@H]1C. The fourth-order valence-electron chi connectivity index (χ4n) is 5.21. The first kappa shape index (κ1) is 20.4. The van der Waals surface area contributed by atoms with Gasteiger partial charge in [-0.1, -0.05) is 32.0 Å². The van der Waals surface area contributed by atoms with Crippen molar-refractivity contribution in [3.05, 3.63) is 70.9 Å². The number of rotatable bonds is 3. The Balaban J connectivity index is 1.72. The van der Waals surface area contributed by atoms with Crippen LogP contribution in [0.15, 0.2) is 53.1 Å². The van der Waals surface area contributed by atoms with E-state index >= 15 is 0 Å². The van der Waals surface area contributed by atoms with Crippen molar-refractivity contribution in [2.24, 2.45) is 5.92 Å².